The normalized spacial score (nSPS) is 17.3. The fourth-order valence-corrected chi connectivity index (χ4v) is 3.41. The Labute approximate surface area is 136 Å². The lowest BCUT2D eigenvalue weighted by atomic mass is 9.90. The third-order valence-corrected chi connectivity index (χ3v) is 5.24. The Morgan fingerprint density at radius 3 is 2.13 bits per heavy atom. The van der Waals surface area contributed by atoms with Crippen LogP contribution in [0.4, 0.5) is 13.2 Å². The van der Waals surface area contributed by atoms with Crippen LogP contribution in [0.3, 0.4) is 0 Å². The van der Waals surface area contributed by atoms with Crippen molar-refractivity contribution in [2.45, 2.75) is 30.3 Å². The zero-order valence-electron chi connectivity index (χ0n) is 12.0. The number of hydrogen-bond donors (Lipinski definition) is 0. The number of alkyl halides is 3. The summed E-state index contributed by atoms with van der Waals surface area (Å²) in [6.45, 7) is 0.161. The van der Waals surface area contributed by atoms with Gasteiger partial charge >= 0.3 is 12.1 Å². The average molecular weight is 370 g/mol. The number of nitrogens with zero attached hydrogens (tertiary/aromatic N) is 1. The third-order valence-electron chi connectivity index (χ3n) is 3.87. The van der Waals surface area contributed by atoms with E-state index in [-0.39, 0.29) is 23.9 Å². The Kier molecular flexibility index (Phi) is 5.25. The van der Waals surface area contributed by atoms with Crippen LogP contribution in [0.2, 0.25) is 0 Å². The van der Waals surface area contributed by atoms with E-state index >= 15 is 0 Å². The molecule has 9 heteroatoms. The largest absolute Gasteiger partial charge is 0.471 e. The van der Waals surface area contributed by atoms with Gasteiger partial charge in [0.15, 0.2) is 0 Å². The summed E-state index contributed by atoms with van der Waals surface area (Å²) in [7, 11) is 1.47. The van der Waals surface area contributed by atoms with Gasteiger partial charge in [-0.05, 0) is 42.9 Å². The quantitative estimate of drug-likeness (QED) is 0.770. The van der Waals surface area contributed by atoms with Gasteiger partial charge in [-0.2, -0.15) is 13.2 Å². The standard InChI is InChI=1S/C14H15ClF3NO3S/c15-23(21,22)12-3-1-10(2-4-12)9-11-5-7-19(8-6-11)13(20)14(16,17)18/h1-4,11H,5-9H2. The second-order valence-corrected chi connectivity index (χ2v) is 8.09. The Bertz CT molecular complexity index is 666. The summed E-state index contributed by atoms with van der Waals surface area (Å²) in [4.78, 5) is 12.0. The molecule has 0 unspecified atom stereocenters. The molecule has 1 aromatic rings. The first-order valence-electron chi connectivity index (χ1n) is 6.97. The van der Waals surface area contributed by atoms with E-state index in [1.165, 1.54) is 12.1 Å². The molecule has 128 valence electrons. The van der Waals surface area contributed by atoms with Crippen LogP contribution in [0.1, 0.15) is 18.4 Å². The van der Waals surface area contributed by atoms with Crippen LogP contribution in [-0.2, 0) is 20.3 Å². The van der Waals surface area contributed by atoms with Crippen LogP contribution in [0.15, 0.2) is 29.2 Å². The first kappa shape index (κ1) is 18.1. The van der Waals surface area contributed by atoms with Gasteiger partial charge in [-0.3, -0.25) is 4.79 Å². The van der Waals surface area contributed by atoms with Crippen LogP contribution >= 0.6 is 10.7 Å². The Hall–Kier alpha value is -1.28. The minimum atomic E-state index is -4.82. The molecule has 1 aliphatic rings. The van der Waals surface area contributed by atoms with E-state index in [0.29, 0.717) is 19.3 Å². The molecule has 0 saturated carbocycles. The van der Waals surface area contributed by atoms with Gasteiger partial charge in [-0.15, -0.1) is 0 Å². The Balaban J connectivity index is 1.91. The molecule has 0 spiro atoms. The van der Waals surface area contributed by atoms with Gasteiger partial charge in [-0.25, -0.2) is 8.42 Å². The van der Waals surface area contributed by atoms with Gasteiger partial charge in [0, 0.05) is 23.8 Å². The number of likely N-dealkylation sites (tertiary alicyclic amines) is 1. The molecule has 0 aromatic heterocycles. The van der Waals surface area contributed by atoms with Crippen LogP contribution in [-0.4, -0.2) is 38.5 Å². The average Bonchev–Trinajstić information content (AvgIpc) is 2.46. The molecule has 1 saturated heterocycles. The second-order valence-electron chi connectivity index (χ2n) is 5.52. The molecule has 0 atom stereocenters. The van der Waals surface area contributed by atoms with Gasteiger partial charge in [-0.1, -0.05) is 12.1 Å². The molecule has 4 nitrogen and oxygen atoms in total. The van der Waals surface area contributed by atoms with E-state index in [1.54, 1.807) is 12.1 Å². The van der Waals surface area contributed by atoms with Crippen LogP contribution < -0.4 is 0 Å². The van der Waals surface area contributed by atoms with Gasteiger partial charge in [0.25, 0.3) is 9.05 Å². The SMILES string of the molecule is O=C(N1CCC(Cc2ccc(S(=O)(=O)Cl)cc2)CC1)C(F)(F)F. The molecular formula is C14H15ClF3NO3S. The van der Waals surface area contributed by atoms with Gasteiger partial charge < -0.3 is 4.90 Å². The fraction of sp³-hybridized carbons (Fsp3) is 0.500. The number of carbonyl (C=O) groups excluding carboxylic acids is 1. The number of piperidine rings is 1. The molecular weight excluding hydrogens is 355 g/mol. The van der Waals surface area contributed by atoms with Crippen molar-refractivity contribution in [1.82, 2.24) is 4.90 Å². The molecule has 1 aliphatic heterocycles. The van der Waals surface area contributed by atoms with Crippen LogP contribution in [0.5, 0.6) is 0 Å². The molecule has 1 heterocycles. The van der Waals surface area contributed by atoms with E-state index in [1.807, 2.05) is 0 Å². The van der Waals surface area contributed by atoms with Crippen LogP contribution in [0.25, 0.3) is 0 Å². The summed E-state index contributed by atoms with van der Waals surface area (Å²) in [5, 5.41) is 0. The number of halogens is 4. The van der Waals surface area contributed by atoms with Crippen molar-refractivity contribution >= 4 is 25.6 Å². The highest BCUT2D eigenvalue weighted by molar-refractivity contribution is 8.13. The number of rotatable bonds is 3. The summed E-state index contributed by atoms with van der Waals surface area (Å²) >= 11 is 0. The van der Waals surface area contributed by atoms with E-state index < -0.39 is 21.1 Å². The number of benzene rings is 1. The molecule has 0 radical (unpaired) electrons. The highest BCUT2D eigenvalue weighted by atomic mass is 35.7. The maximum Gasteiger partial charge on any atom is 0.471 e. The fourth-order valence-electron chi connectivity index (χ4n) is 2.64. The molecule has 0 bridgehead atoms. The minimum Gasteiger partial charge on any atom is -0.335 e. The third kappa shape index (κ3) is 4.84. The summed E-state index contributed by atoms with van der Waals surface area (Å²) < 4.78 is 59.4. The van der Waals surface area contributed by atoms with Crippen LogP contribution in [0, 0.1) is 5.92 Å². The number of carbonyl (C=O) groups is 1. The topological polar surface area (TPSA) is 54.5 Å². The van der Waals surface area contributed by atoms with Crippen molar-refractivity contribution in [1.29, 1.82) is 0 Å². The summed E-state index contributed by atoms with van der Waals surface area (Å²) in [6, 6.07) is 6.09. The predicted octanol–water partition coefficient (Wildman–Crippen LogP) is 2.96. The van der Waals surface area contributed by atoms with E-state index in [2.05, 4.69) is 0 Å². The van der Waals surface area contributed by atoms with Gasteiger partial charge in [0.2, 0.25) is 0 Å². The van der Waals surface area contributed by atoms with Crippen molar-refractivity contribution in [3.05, 3.63) is 29.8 Å². The highest BCUT2D eigenvalue weighted by Gasteiger charge is 2.43. The molecule has 2 rings (SSSR count). The molecule has 0 aliphatic carbocycles. The van der Waals surface area contributed by atoms with Gasteiger partial charge in [0.05, 0.1) is 4.90 Å². The molecule has 0 N–H and O–H groups in total. The zero-order valence-corrected chi connectivity index (χ0v) is 13.6. The van der Waals surface area contributed by atoms with Crippen molar-refractivity contribution in [3.63, 3.8) is 0 Å². The predicted molar refractivity (Wildman–Crippen MR) is 78.5 cm³/mol. The van der Waals surface area contributed by atoms with Gasteiger partial charge in [0.1, 0.15) is 0 Å². The lowest BCUT2D eigenvalue weighted by molar-refractivity contribution is -0.186. The first-order valence-corrected chi connectivity index (χ1v) is 9.28. The maximum absolute atomic E-state index is 12.4. The van der Waals surface area contributed by atoms with Crippen molar-refractivity contribution in [2.24, 2.45) is 5.92 Å². The maximum atomic E-state index is 12.4. The Morgan fingerprint density at radius 1 is 1.17 bits per heavy atom. The molecule has 1 amide bonds. The lowest BCUT2D eigenvalue weighted by Gasteiger charge is -2.32. The Morgan fingerprint density at radius 2 is 1.70 bits per heavy atom. The summed E-state index contributed by atoms with van der Waals surface area (Å²) in [6.07, 6.45) is -3.23. The summed E-state index contributed by atoms with van der Waals surface area (Å²) in [5.74, 6) is -1.63. The van der Waals surface area contributed by atoms with E-state index in [0.717, 1.165) is 10.5 Å². The lowest BCUT2D eigenvalue weighted by Crippen LogP contribution is -2.45. The number of hydrogen-bond acceptors (Lipinski definition) is 3. The van der Waals surface area contributed by atoms with Crippen molar-refractivity contribution < 1.29 is 26.4 Å². The van der Waals surface area contributed by atoms with Crippen molar-refractivity contribution in [3.8, 4) is 0 Å². The van der Waals surface area contributed by atoms with Crippen molar-refractivity contribution in [2.75, 3.05) is 13.1 Å². The molecule has 23 heavy (non-hydrogen) atoms. The number of amides is 1. The molecule has 1 aromatic carbocycles. The molecule has 1 fully saturated rings. The first-order chi connectivity index (χ1) is 10.6. The second kappa shape index (κ2) is 6.68. The van der Waals surface area contributed by atoms with E-state index in [4.69, 9.17) is 10.7 Å². The van der Waals surface area contributed by atoms with E-state index in [9.17, 15) is 26.4 Å². The zero-order chi connectivity index (χ0) is 17.3. The summed E-state index contributed by atoms with van der Waals surface area (Å²) in [5.41, 5.74) is 0.884. The minimum absolute atomic E-state index is 0.00788. The smallest absolute Gasteiger partial charge is 0.335 e. The monoisotopic (exact) mass is 369 g/mol. The highest BCUT2D eigenvalue weighted by Crippen LogP contribution is 2.26.